The number of phosphoric acid groups is 2. The SMILES string of the molecule is Nc1nc(N)nc(N)n1.Nc1nc(N)nc(N)n1.O=P([O-])(O)O.O=P([O-])(O)O.[Zn+2]. The number of hydrogen-bond donors (Lipinski definition) is 10. The van der Waals surface area contributed by atoms with Crippen LogP contribution in [0.3, 0.4) is 0 Å². The molecule has 0 aromatic carbocycles. The molecule has 0 atom stereocenters. The van der Waals surface area contributed by atoms with Gasteiger partial charge >= 0.3 is 19.5 Å². The van der Waals surface area contributed by atoms with Crippen LogP contribution in [0.5, 0.6) is 0 Å². The van der Waals surface area contributed by atoms with Crippen LogP contribution in [0.2, 0.25) is 0 Å². The van der Waals surface area contributed by atoms with E-state index in [2.05, 4.69) is 29.9 Å². The first-order chi connectivity index (χ1) is 12.4. The van der Waals surface area contributed by atoms with Crippen LogP contribution in [-0.2, 0) is 28.6 Å². The molecule has 2 aromatic rings. The van der Waals surface area contributed by atoms with Gasteiger partial charge in [-0.3, -0.25) is 9.13 Å². The standard InChI is InChI=1S/2C3H6N6.2H3O4P.Zn/c2*4-1-7-2(5)9-3(6)8-1;2*1-5(2,3)4;/h2*(H6,4,5,6,7,8,9);2*(H3,1,2,3,4);/q;;;;+2/p-2. The van der Waals surface area contributed by atoms with Crippen molar-refractivity contribution in [2.75, 3.05) is 34.4 Å². The summed E-state index contributed by atoms with van der Waals surface area (Å²) in [4.78, 5) is 66.8. The van der Waals surface area contributed by atoms with Gasteiger partial charge in [0.1, 0.15) is 0 Å². The quantitative estimate of drug-likeness (QED) is 0.116. The molecule has 2 rings (SSSR count). The van der Waals surface area contributed by atoms with E-state index in [0.717, 1.165) is 0 Å². The smallest absolute Gasteiger partial charge is 0.756 e. The van der Waals surface area contributed by atoms with Crippen molar-refractivity contribution in [3.63, 3.8) is 0 Å². The molecule has 0 fully saturated rings. The minimum absolute atomic E-state index is 0. The summed E-state index contributed by atoms with van der Waals surface area (Å²) in [5.74, 6) is 0.250. The third-order valence-corrected chi connectivity index (χ3v) is 1.37. The molecule has 0 aliphatic rings. The van der Waals surface area contributed by atoms with Crippen LogP contribution in [0.4, 0.5) is 35.7 Å². The summed E-state index contributed by atoms with van der Waals surface area (Å²) in [6, 6.07) is 0. The molecule has 23 heteroatoms. The van der Waals surface area contributed by atoms with Crippen molar-refractivity contribution in [3.05, 3.63) is 0 Å². The fraction of sp³-hybridized carbons (Fsp3) is 0. The van der Waals surface area contributed by atoms with Crippen LogP contribution < -0.4 is 44.2 Å². The Kier molecular flexibility index (Phi) is 14.9. The molecular formula is C6H16N12O8P2Zn. The molecule has 0 aliphatic heterocycles. The molecule has 0 saturated heterocycles. The number of nitrogens with two attached hydrogens (primary N) is 6. The molecule has 0 radical (unpaired) electrons. The fourth-order valence-corrected chi connectivity index (χ4v) is 0.854. The molecular weight excluding hydrogens is 495 g/mol. The Morgan fingerprint density at radius 3 is 0.655 bits per heavy atom. The summed E-state index contributed by atoms with van der Waals surface area (Å²) >= 11 is 0. The van der Waals surface area contributed by atoms with Gasteiger partial charge in [0.2, 0.25) is 35.7 Å². The van der Waals surface area contributed by atoms with Gasteiger partial charge in [0.15, 0.2) is 0 Å². The number of rotatable bonds is 0. The van der Waals surface area contributed by atoms with E-state index in [1.54, 1.807) is 0 Å². The van der Waals surface area contributed by atoms with Gasteiger partial charge in [-0.25, -0.2) is 0 Å². The molecule has 2 heterocycles. The summed E-state index contributed by atoms with van der Waals surface area (Å²) in [7, 11) is -9.78. The van der Waals surface area contributed by atoms with Gasteiger partial charge in [-0.2, -0.15) is 29.9 Å². The summed E-state index contributed by atoms with van der Waals surface area (Å²) < 4.78 is 17.5. The monoisotopic (exact) mass is 510 g/mol. The second-order valence-corrected chi connectivity index (χ2v) is 5.76. The average molecular weight is 512 g/mol. The van der Waals surface area contributed by atoms with Crippen LogP contribution in [0.25, 0.3) is 0 Å². The van der Waals surface area contributed by atoms with Gasteiger partial charge in [-0.05, 0) is 0 Å². The average Bonchev–Trinajstić information content (AvgIpc) is 2.30. The van der Waals surface area contributed by atoms with E-state index in [4.69, 9.17) is 72.9 Å². The van der Waals surface area contributed by atoms with Crippen LogP contribution in [0.15, 0.2) is 0 Å². The third kappa shape index (κ3) is 30.6. The van der Waals surface area contributed by atoms with Gasteiger partial charge in [-0.1, -0.05) is 0 Å². The maximum absolute atomic E-state index is 8.77. The van der Waals surface area contributed by atoms with Crippen molar-refractivity contribution in [1.82, 2.24) is 29.9 Å². The fourth-order valence-electron chi connectivity index (χ4n) is 0.854. The number of nitrogens with zero attached hydrogens (tertiary/aromatic N) is 6. The van der Waals surface area contributed by atoms with Gasteiger partial charge < -0.3 is 63.8 Å². The third-order valence-electron chi connectivity index (χ3n) is 1.37. The summed E-state index contributed by atoms with van der Waals surface area (Å²) in [5, 5.41) is 0. The molecule has 20 nitrogen and oxygen atoms in total. The Morgan fingerprint density at radius 1 is 0.517 bits per heavy atom. The topological polar surface area (TPSA) is 395 Å². The van der Waals surface area contributed by atoms with E-state index in [-0.39, 0.29) is 55.2 Å². The minimum atomic E-state index is -4.89. The van der Waals surface area contributed by atoms with E-state index in [1.165, 1.54) is 0 Å². The van der Waals surface area contributed by atoms with Crippen molar-refractivity contribution in [3.8, 4) is 0 Å². The number of nitrogen functional groups attached to an aromatic ring is 6. The second kappa shape index (κ2) is 13.8. The number of aromatic nitrogens is 6. The van der Waals surface area contributed by atoms with Gasteiger partial charge in [0.25, 0.3) is 15.6 Å². The van der Waals surface area contributed by atoms with E-state index in [9.17, 15) is 0 Å². The first-order valence-corrected chi connectivity index (χ1v) is 9.01. The molecule has 0 unspecified atom stereocenters. The number of anilines is 6. The van der Waals surface area contributed by atoms with E-state index < -0.39 is 15.6 Å². The van der Waals surface area contributed by atoms with Crippen molar-refractivity contribution in [2.45, 2.75) is 0 Å². The van der Waals surface area contributed by atoms with Gasteiger partial charge in [0, 0.05) is 0 Å². The van der Waals surface area contributed by atoms with Crippen molar-refractivity contribution >= 4 is 51.3 Å². The second-order valence-electron chi connectivity index (χ2n) is 3.80. The van der Waals surface area contributed by atoms with Crippen molar-refractivity contribution < 1.29 is 58.0 Å². The van der Waals surface area contributed by atoms with Gasteiger partial charge in [0.05, 0.1) is 0 Å². The Hall–Kier alpha value is -2.34. The zero-order chi connectivity index (χ0) is 22.7. The normalized spacial score (nSPS) is 9.86. The molecule has 16 N–H and O–H groups in total. The predicted octanol–water partition coefficient (Wildman–Crippen LogP) is -5.89. The molecule has 0 spiro atoms. The molecule has 0 amide bonds. The molecule has 29 heavy (non-hydrogen) atoms. The molecule has 0 saturated carbocycles. The molecule has 0 aliphatic carbocycles. The minimum Gasteiger partial charge on any atom is -0.756 e. The summed E-state index contributed by atoms with van der Waals surface area (Å²) in [6.45, 7) is 0. The van der Waals surface area contributed by atoms with Crippen molar-refractivity contribution in [1.29, 1.82) is 0 Å². The van der Waals surface area contributed by atoms with Crippen LogP contribution in [0.1, 0.15) is 0 Å². The largest absolute Gasteiger partial charge is 2.00 e. The maximum atomic E-state index is 8.77. The Balaban J connectivity index is -0.000000321. The number of hydrogen-bond acceptors (Lipinski definition) is 16. The summed E-state index contributed by atoms with van der Waals surface area (Å²) in [5.41, 5.74) is 30.8. The van der Waals surface area contributed by atoms with Gasteiger partial charge in [-0.15, -0.1) is 0 Å². The van der Waals surface area contributed by atoms with Crippen LogP contribution in [0, 0.1) is 0 Å². The Morgan fingerprint density at radius 2 is 0.586 bits per heavy atom. The maximum Gasteiger partial charge on any atom is 2.00 e. The van der Waals surface area contributed by atoms with E-state index >= 15 is 0 Å². The Bertz CT molecular complexity index is 660. The zero-order valence-electron chi connectivity index (χ0n) is 14.2. The van der Waals surface area contributed by atoms with Crippen LogP contribution in [-0.4, -0.2) is 49.5 Å². The van der Waals surface area contributed by atoms with Crippen LogP contribution >= 0.6 is 15.6 Å². The molecule has 160 valence electrons. The Labute approximate surface area is 174 Å². The van der Waals surface area contributed by atoms with E-state index in [0.29, 0.717) is 0 Å². The summed E-state index contributed by atoms with van der Waals surface area (Å²) in [6.07, 6.45) is 0. The zero-order valence-corrected chi connectivity index (χ0v) is 18.9. The first kappa shape index (κ1) is 31.4. The predicted molar refractivity (Wildman–Crippen MR) is 90.2 cm³/mol. The van der Waals surface area contributed by atoms with Crippen molar-refractivity contribution in [2.24, 2.45) is 0 Å². The van der Waals surface area contributed by atoms with E-state index in [1.807, 2.05) is 0 Å². The molecule has 2 aromatic heterocycles. The molecule has 0 bridgehead atoms. The first-order valence-electron chi connectivity index (χ1n) is 5.95.